The van der Waals surface area contributed by atoms with Gasteiger partial charge in [-0.25, -0.2) is 0 Å². The van der Waals surface area contributed by atoms with Crippen LogP contribution in [-0.2, 0) is 6.54 Å². The number of nitrogens with one attached hydrogen (secondary N) is 2. The molecule has 0 saturated heterocycles. The van der Waals surface area contributed by atoms with Gasteiger partial charge in [-0.15, -0.1) is 0 Å². The predicted octanol–water partition coefficient (Wildman–Crippen LogP) is 6.20. The summed E-state index contributed by atoms with van der Waals surface area (Å²) in [4.78, 5) is 12.7. The van der Waals surface area contributed by atoms with Crippen LogP contribution in [0.2, 0.25) is 5.02 Å². The Bertz CT molecular complexity index is 1190. The van der Waals surface area contributed by atoms with E-state index in [0.29, 0.717) is 28.6 Å². The molecule has 158 valence electrons. The monoisotopic (exact) mass is 434 g/mol. The van der Waals surface area contributed by atoms with Gasteiger partial charge >= 0.3 is 0 Å². The van der Waals surface area contributed by atoms with Crippen molar-refractivity contribution < 1.29 is 13.9 Å². The lowest BCUT2D eigenvalue weighted by atomic mass is 10.1. The molecule has 4 aromatic rings. The second kappa shape index (κ2) is 9.25. The van der Waals surface area contributed by atoms with E-state index in [1.807, 2.05) is 30.3 Å². The summed E-state index contributed by atoms with van der Waals surface area (Å²) in [5.74, 6) is 0.462. The van der Waals surface area contributed by atoms with Gasteiger partial charge in [-0.3, -0.25) is 4.79 Å². The van der Waals surface area contributed by atoms with Crippen LogP contribution in [0.4, 0.5) is 5.69 Å². The van der Waals surface area contributed by atoms with Gasteiger partial charge in [-0.1, -0.05) is 48.0 Å². The Labute approximate surface area is 186 Å². The summed E-state index contributed by atoms with van der Waals surface area (Å²) in [6.07, 6.45) is 0. The van der Waals surface area contributed by atoms with Gasteiger partial charge < -0.3 is 19.8 Å². The molecule has 2 N–H and O–H groups in total. The Morgan fingerprint density at radius 1 is 1.06 bits per heavy atom. The third-order valence-corrected chi connectivity index (χ3v) is 5.43. The molecule has 0 unspecified atom stereocenters. The van der Waals surface area contributed by atoms with Gasteiger partial charge in [0.25, 0.3) is 5.91 Å². The zero-order valence-corrected chi connectivity index (χ0v) is 18.1. The summed E-state index contributed by atoms with van der Waals surface area (Å²) < 4.78 is 11.3. The number of hydrogen-bond donors (Lipinski definition) is 2. The smallest absolute Gasteiger partial charge is 0.291 e. The molecule has 0 radical (unpaired) electrons. The maximum absolute atomic E-state index is 12.7. The summed E-state index contributed by atoms with van der Waals surface area (Å²) in [5, 5.41) is 7.81. The zero-order chi connectivity index (χ0) is 21.8. The molecule has 0 aliphatic heterocycles. The molecule has 0 fully saturated rings. The van der Waals surface area contributed by atoms with Gasteiger partial charge in [-0.05, 0) is 54.4 Å². The van der Waals surface area contributed by atoms with Crippen molar-refractivity contribution in [3.8, 4) is 5.75 Å². The maximum Gasteiger partial charge on any atom is 0.291 e. The molecule has 4 rings (SSSR count). The lowest BCUT2D eigenvalue weighted by Gasteiger charge is -2.15. The number of carbonyl (C=O) groups is 1. The number of carbonyl (C=O) groups excluding carboxylic acids is 1. The first-order valence-electron chi connectivity index (χ1n) is 10.00. The van der Waals surface area contributed by atoms with Crippen LogP contribution in [0.15, 0.2) is 77.2 Å². The van der Waals surface area contributed by atoms with Crippen LogP contribution in [0.3, 0.4) is 0 Å². The number of ether oxygens (including phenoxy) is 1. The number of amides is 1. The molecule has 1 aromatic heterocycles. The number of halogens is 1. The van der Waals surface area contributed by atoms with E-state index in [-0.39, 0.29) is 17.7 Å². The molecule has 0 bridgehead atoms. The van der Waals surface area contributed by atoms with E-state index < -0.39 is 0 Å². The highest BCUT2D eigenvalue weighted by atomic mass is 35.5. The van der Waals surface area contributed by atoms with Crippen LogP contribution in [0.1, 0.15) is 34.6 Å². The molecule has 0 saturated carbocycles. The Morgan fingerprint density at radius 2 is 1.81 bits per heavy atom. The van der Waals surface area contributed by atoms with Gasteiger partial charge in [0, 0.05) is 28.7 Å². The summed E-state index contributed by atoms with van der Waals surface area (Å²) in [7, 11) is 1.58. The molecular formula is C25H23ClN2O3. The van der Waals surface area contributed by atoms with E-state index in [4.69, 9.17) is 20.8 Å². The minimum Gasteiger partial charge on any atom is -0.493 e. The van der Waals surface area contributed by atoms with E-state index in [1.165, 1.54) is 5.56 Å². The fraction of sp³-hybridized carbons (Fsp3) is 0.160. The van der Waals surface area contributed by atoms with E-state index >= 15 is 0 Å². The first-order valence-corrected chi connectivity index (χ1v) is 10.4. The van der Waals surface area contributed by atoms with Crippen molar-refractivity contribution in [1.29, 1.82) is 0 Å². The molecule has 5 nitrogen and oxygen atoms in total. The van der Waals surface area contributed by atoms with Crippen molar-refractivity contribution in [2.75, 3.05) is 12.4 Å². The zero-order valence-electron chi connectivity index (χ0n) is 17.3. The fourth-order valence-corrected chi connectivity index (χ4v) is 3.56. The van der Waals surface area contributed by atoms with Crippen LogP contribution >= 0.6 is 11.6 Å². The maximum atomic E-state index is 12.7. The molecule has 0 spiro atoms. The number of hydrogen-bond acceptors (Lipinski definition) is 4. The molecule has 0 aliphatic carbocycles. The van der Waals surface area contributed by atoms with Crippen molar-refractivity contribution in [3.05, 3.63) is 94.7 Å². The Hall–Kier alpha value is -3.28. The predicted molar refractivity (Wildman–Crippen MR) is 124 cm³/mol. The molecular weight excluding hydrogens is 412 g/mol. The standard InChI is InChI=1S/C25H23ClN2O3/c1-16(17-6-4-3-5-7-17)27-15-18-8-13-22(30-2)24-21(18)14-23(31-24)25(29)28-20-11-9-19(26)10-12-20/h3-14,16,27H,15H2,1-2H3,(H,28,29)/t16-/m0/s1. The van der Waals surface area contributed by atoms with Gasteiger partial charge in [0.15, 0.2) is 17.1 Å². The Kier molecular flexibility index (Phi) is 6.26. The van der Waals surface area contributed by atoms with E-state index in [2.05, 4.69) is 29.7 Å². The molecule has 0 aliphatic rings. The van der Waals surface area contributed by atoms with Crippen molar-refractivity contribution in [2.24, 2.45) is 0 Å². The normalized spacial score (nSPS) is 12.0. The van der Waals surface area contributed by atoms with Crippen LogP contribution < -0.4 is 15.4 Å². The minimum atomic E-state index is -0.336. The van der Waals surface area contributed by atoms with Crippen LogP contribution in [-0.4, -0.2) is 13.0 Å². The second-order valence-electron chi connectivity index (χ2n) is 7.25. The quantitative estimate of drug-likeness (QED) is 0.363. The largest absolute Gasteiger partial charge is 0.493 e. The van der Waals surface area contributed by atoms with Crippen LogP contribution in [0.5, 0.6) is 5.75 Å². The van der Waals surface area contributed by atoms with E-state index in [0.717, 1.165) is 10.9 Å². The van der Waals surface area contributed by atoms with Gasteiger partial charge in [0.05, 0.1) is 7.11 Å². The topological polar surface area (TPSA) is 63.5 Å². The summed E-state index contributed by atoms with van der Waals surface area (Å²) >= 11 is 5.91. The number of fused-ring (bicyclic) bond motifs is 1. The lowest BCUT2D eigenvalue weighted by Crippen LogP contribution is -2.18. The van der Waals surface area contributed by atoms with E-state index in [1.54, 1.807) is 37.4 Å². The molecule has 1 atom stereocenters. The van der Waals surface area contributed by atoms with Gasteiger partial charge in [0.1, 0.15) is 0 Å². The average Bonchev–Trinajstić information content (AvgIpc) is 3.25. The number of anilines is 1. The van der Waals surface area contributed by atoms with Crippen LogP contribution in [0.25, 0.3) is 11.0 Å². The third-order valence-electron chi connectivity index (χ3n) is 5.18. The first-order chi connectivity index (χ1) is 15.0. The summed E-state index contributed by atoms with van der Waals surface area (Å²) in [6, 6.07) is 23.0. The summed E-state index contributed by atoms with van der Waals surface area (Å²) in [5.41, 5.74) is 3.42. The average molecular weight is 435 g/mol. The number of benzene rings is 3. The molecule has 3 aromatic carbocycles. The van der Waals surface area contributed by atoms with Crippen molar-refractivity contribution >= 4 is 34.2 Å². The number of rotatable bonds is 7. The Balaban J connectivity index is 1.58. The number of methoxy groups -OCH3 is 1. The van der Waals surface area contributed by atoms with Gasteiger partial charge in [0.2, 0.25) is 0 Å². The van der Waals surface area contributed by atoms with Crippen molar-refractivity contribution in [1.82, 2.24) is 5.32 Å². The van der Waals surface area contributed by atoms with Crippen molar-refractivity contribution in [2.45, 2.75) is 19.5 Å². The molecule has 6 heteroatoms. The van der Waals surface area contributed by atoms with Crippen molar-refractivity contribution in [3.63, 3.8) is 0 Å². The van der Waals surface area contributed by atoms with Gasteiger partial charge in [-0.2, -0.15) is 0 Å². The van der Waals surface area contributed by atoms with Crippen LogP contribution in [0, 0.1) is 0 Å². The SMILES string of the molecule is COc1ccc(CN[C@@H](C)c2ccccc2)c2cc(C(=O)Nc3ccc(Cl)cc3)oc12. The minimum absolute atomic E-state index is 0.179. The third kappa shape index (κ3) is 4.74. The fourth-order valence-electron chi connectivity index (χ4n) is 3.43. The number of furan rings is 1. The van der Waals surface area contributed by atoms with E-state index in [9.17, 15) is 4.79 Å². The summed E-state index contributed by atoms with van der Waals surface area (Å²) in [6.45, 7) is 2.74. The lowest BCUT2D eigenvalue weighted by molar-refractivity contribution is 0.0998. The molecule has 1 heterocycles. The second-order valence-corrected chi connectivity index (χ2v) is 7.69. The first kappa shape index (κ1) is 21.0. The Morgan fingerprint density at radius 3 is 2.52 bits per heavy atom. The molecule has 31 heavy (non-hydrogen) atoms. The highest BCUT2D eigenvalue weighted by Crippen LogP contribution is 2.32. The molecule has 1 amide bonds. The highest BCUT2D eigenvalue weighted by Gasteiger charge is 2.18. The highest BCUT2D eigenvalue weighted by molar-refractivity contribution is 6.30.